The summed E-state index contributed by atoms with van der Waals surface area (Å²) in [5.74, 6) is -0.165. The van der Waals surface area contributed by atoms with E-state index in [1.54, 1.807) is 37.3 Å². The molecule has 0 saturated heterocycles. The number of anilines is 1. The first-order valence-corrected chi connectivity index (χ1v) is 9.20. The maximum atomic E-state index is 14.0. The summed E-state index contributed by atoms with van der Waals surface area (Å²) in [6.45, 7) is 9.14. The molecule has 0 radical (unpaired) electrons. The maximum absolute atomic E-state index is 14.0. The zero-order chi connectivity index (χ0) is 20.5. The van der Waals surface area contributed by atoms with E-state index in [1.165, 1.54) is 23.6 Å². The Morgan fingerprint density at radius 1 is 1.31 bits per heavy atom. The molecule has 1 amide bonds. The average Bonchev–Trinajstić information content (AvgIpc) is 3.23. The van der Waals surface area contributed by atoms with Crippen LogP contribution in [0.4, 0.5) is 15.8 Å². The fourth-order valence-corrected chi connectivity index (χ4v) is 3.59. The van der Waals surface area contributed by atoms with Gasteiger partial charge in [-0.1, -0.05) is 35.9 Å². The second-order valence-corrected chi connectivity index (χ2v) is 7.09. The van der Waals surface area contributed by atoms with Crippen molar-refractivity contribution in [2.24, 2.45) is 0 Å². The number of nitrogens with zero attached hydrogens (tertiary/aromatic N) is 3. The predicted octanol–water partition coefficient (Wildman–Crippen LogP) is 5.72. The molecule has 29 heavy (non-hydrogen) atoms. The van der Waals surface area contributed by atoms with Crippen LogP contribution in [0.15, 0.2) is 53.4 Å². The van der Waals surface area contributed by atoms with Crippen LogP contribution in [0.2, 0.25) is 0 Å². The van der Waals surface area contributed by atoms with E-state index in [4.69, 9.17) is 22.6 Å². The van der Waals surface area contributed by atoms with Gasteiger partial charge in [-0.2, -0.15) is 0 Å². The molecule has 1 aliphatic heterocycles. The predicted molar refractivity (Wildman–Crippen MR) is 109 cm³/mol. The molecule has 0 bridgehead atoms. The fourth-order valence-electron chi connectivity index (χ4n) is 3.27. The standard InChI is InChI=1S/C22H15ClFN3O2/c1-13-3-4-14(7-18(13)24)11-27-19-8-15(25-2)5-6-16(19)22(23)17(9-21(27)28)20-10-26-12-29-20/h3-8,10,12H,9,11H2,1H3. The van der Waals surface area contributed by atoms with Gasteiger partial charge in [-0.3, -0.25) is 4.79 Å². The lowest BCUT2D eigenvalue weighted by Crippen LogP contribution is -2.30. The van der Waals surface area contributed by atoms with Crippen LogP contribution in [-0.4, -0.2) is 10.9 Å². The number of oxazole rings is 1. The zero-order valence-electron chi connectivity index (χ0n) is 15.4. The van der Waals surface area contributed by atoms with Gasteiger partial charge in [-0.05, 0) is 30.2 Å². The molecule has 0 atom stereocenters. The molecule has 0 spiro atoms. The van der Waals surface area contributed by atoms with Crippen molar-refractivity contribution < 1.29 is 13.6 Å². The molecule has 7 heteroatoms. The van der Waals surface area contributed by atoms with Gasteiger partial charge in [-0.25, -0.2) is 14.2 Å². The lowest BCUT2D eigenvalue weighted by molar-refractivity contribution is -0.117. The van der Waals surface area contributed by atoms with Crippen molar-refractivity contribution in [3.05, 3.63) is 88.7 Å². The summed E-state index contributed by atoms with van der Waals surface area (Å²) in [5.41, 5.74) is 3.17. The maximum Gasteiger partial charge on any atom is 0.231 e. The Kier molecular flexibility index (Phi) is 4.91. The number of aromatic nitrogens is 1. The largest absolute Gasteiger partial charge is 0.444 e. The van der Waals surface area contributed by atoms with Crippen LogP contribution in [0.3, 0.4) is 0 Å². The summed E-state index contributed by atoms with van der Waals surface area (Å²) < 4.78 is 19.4. The Hall–Kier alpha value is -3.43. The molecule has 2 aromatic carbocycles. The van der Waals surface area contributed by atoms with E-state index < -0.39 is 0 Å². The fraction of sp³-hybridized carbons (Fsp3) is 0.136. The lowest BCUT2D eigenvalue weighted by atomic mass is 10.1. The number of fused-ring (bicyclic) bond motifs is 1. The summed E-state index contributed by atoms with van der Waals surface area (Å²) in [5, 5.41) is 0.360. The van der Waals surface area contributed by atoms with Gasteiger partial charge >= 0.3 is 0 Å². The number of hydrogen-bond donors (Lipinski definition) is 0. The number of carbonyl (C=O) groups excluding carboxylic acids is 1. The topological polar surface area (TPSA) is 50.7 Å². The molecule has 0 aliphatic carbocycles. The van der Waals surface area contributed by atoms with Crippen LogP contribution in [0.25, 0.3) is 15.5 Å². The Bertz CT molecular complexity index is 1180. The van der Waals surface area contributed by atoms with Gasteiger partial charge < -0.3 is 9.32 Å². The summed E-state index contributed by atoms with van der Waals surface area (Å²) >= 11 is 6.66. The van der Waals surface area contributed by atoms with E-state index in [0.717, 1.165) is 0 Å². The van der Waals surface area contributed by atoms with E-state index in [9.17, 15) is 9.18 Å². The minimum absolute atomic E-state index is 0.00952. The van der Waals surface area contributed by atoms with Gasteiger partial charge in [0.1, 0.15) is 5.82 Å². The first-order valence-electron chi connectivity index (χ1n) is 8.82. The number of aryl methyl sites for hydroxylation is 1. The average molecular weight is 408 g/mol. The highest BCUT2D eigenvalue weighted by molar-refractivity contribution is 6.53. The van der Waals surface area contributed by atoms with Crippen LogP contribution >= 0.6 is 11.6 Å². The number of halogens is 2. The number of hydrogen-bond acceptors (Lipinski definition) is 3. The molecular weight excluding hydrogens is 393 g/mol. The molecule has 0 N–H and O–H groups in total. The van der Waals surface area contributed by atoms with Crippen LogP contribution in [0.5, 0.6) is 0 Å². The molecule has 1 aliphatic rings. The molecule has 0 unspecified atom stereocenters. The molecule has 0 saturated carbocycles. The molecular formula is C22H15ClFN3O2. The van der Waals surface area contributed by atoms with Crippen molar-refractivity contribution in [2.75, 3.05) is 4.90 Å². The lowest BCUT2D eigenvalue weighted by Gasteiger charge is -2.24. The molecule has 4 rings (SSSR count). The first-order chi connectivity index (χ1) is 14.0. The van der Waals surface area contributed by atoms with Gasteiger partial charge in [0.25, 0.3) is 0 Å². The highest BCUT2D eigenvalue weighted by Crippen LogP contribution is 2.42. The Morgan fingerprint density at radius 3 is 2.83 bits per heavy atom. The van der Waals surface area contributed by atoms with E-state index in [2.05, 4.69) is 9.83 Å². The van der Waals surface area contributed by atoms with Crippen molar-refractivity contribution in [1.82, 2.24) is 4.98 Å². The Labute approximate surface area is 171 Å². The van der Waals surface area contributed by atoms with Crippen LogP contribution in [0, 0.1) is 19.3 Å². The van der Waals surface area contributed by atoms with Gasteiger partial charge in [0, 0.05) is 16.8 Å². The van der Waals surface area contributed by atoms with E-state index in [1.807, 2.05) is 0 Å². The molecule has 2 heterocycles. The van der Waals surface area contributed by atoms with Crippen molar-refractivity contribution in [1.29, 1.82) is 0 Å². The summed E-state index contributed by atoms with van der Waals surface area (Å²) in [6.07, 6.45) is 2.77. The third kappa shape index (κ3) is 3.53. The highest BCUT2D eigenvalue weighted by atomic mass is 35.5. The van der Waals surface area contributed by atoms with Crippen molar-refractivity contribution in [2.45, 2.75) is 19.9 Å². The molecule has 5 nitrogen and oxygen atoms in total. The van der Waals surface area contributed by atoms with Crippen LogP contribution in [0.1, 0.15) is 28.9 Å². The number of benzene rings is 2. The Morgan fingerprint density at radius 2 is 2.14 bits per heavy atom. The zero-order valence-corrected chi connectivity index (χ0v) is 16.2. The summed E-state index contributed by atoms with van der Waals surface area (Å²) in [6, 6.07) is 9.85. The molecule has 0 fully saturated rings. The summed E-state index contributed by atoms with van der Waals surface area (Å²) in [7, 11) is 0. The number of amides is 1. The van der Waals surface area contributed by atoms with Crippen molar-refractivity contribution >= 4 is 39.5 Å². The van der Waals surface area contributed by atoms with Crippen molar-refractivity contribution in [3.63, 3.8) is 0 Å². The highest BCUT2D eigenvalue weighted by Gasteiger charge is 2.29. The monoisotopic (exact) mass is 407 g/mol. The van der Waals surface area contributed by atoms with Gasteiger partial charge in [0.15, 0.2) is 17.8 Å². The van der Waals surface area contributed by atoms with Gasteiger partial charge in [-0.15, -0.1) is 0 Å². The Balaban J connectivity index is 1.84. The minimum Gasteiger partial charge on any atom is -0.444 e. The molecule has 144 valence electrons. The third-order valence-corrected chi connectivity index (χ3v) is 5.27. The van der Waals surface area contributed by atoms with E-state index in [-0.39, 0.29) is 24.7 Å². The van der Waals surface area contributed by atoms with E-state index >= 15 is 0 Å². The smallest absolute Gasteiger partial charge is 0.231 e. The van der Waals surface area contributed by atoms with Crippen LogP contribution in [-0.2, 0) is 11.3 Å². The summed E-state index contributed by atoms with van der Waals surface area (Å²) in [4.78, 5) is 22.1. The normalized spacial score (nSPS) is 13.9. The van der Waals surface area contributed by atoms with Crippen LogP contribution < -0.4 is 4.90 Å². The van der Waals surface area contributed by atoms with E-state index in [0.29, 0.717) is 44.4 Å². The quantitative estimate of drug-likeness (QED) is 0.522. The first kappa shape index (κ1) is 18.9. The minimum atomic E-state index is -0.335. The number of carbonyl (C=O) groups is 1. The van der Waals surface area contributed by atoms with Gasteiger partial charge in [0.2, 0.25) is 5.91 Å². The van der Waals surface area contributed by atoms with Gasteiger partial charge in [0.05, 0.1) is 30.8 Å². The third-order valence-electron chi connectivity index (χ3n) is 4.84. The SMILES string of the molecule is [C-]#[N+]c1ccc2c(c1)N(Cc1ccc(C)c(F)c1)C(=O)CC(c1cnco1)=C2Cl. The second-order valence-electron chi connectivity index (χ2n) is 6.71. The molecule has 1 aromatic heterocycles. The molecule has 3 aromatic rings. The second kappa shape index (κ2) is 7.53. The van der Waals surface area contributed by atoms with Crippen molar-refractivity contribution in [3.8, 4) is 0 Å². The number of rotatable bonds is 3.